The molecule has 1 nitrogen and oxygen atoms in total. The Bertz CT molecular complexity index is 660. The molecule has 0 aliphatic rings. The van der Waals surface area contributed by atoms with E-state index in [0.29, 0.717) is 12.1 Å². The third kappa shape index (κ3) is 3.11. The highest BCUT2D eigenvalue weighted by Crippen LogP contribution is 2.33. The lowest BCUT2D eigenvalue weighted by Gasteiger charge is -2.21. The lowest BCUT2D eigenvalue weighted by Crippen LogP contribution is -2.24. The summed E-state index contributed by atoms with van der Waals surface area (Å²) < 4.78 is 54.1. The van der Waals surface area contributed by atoms with Crippen molar-refractivity contribution in [1.82, 2.24) is 5.32 Å². The van der Waals surface area contributed by atoms with Crippen molar-refractivity contribution in [1.29, 1.82) is 0 Å². The Morgan fingerprint density at radius 1 is 0.952 bits per heavy atom. The van der Waals surface area contributed by atoms with Crippen LogP contribution in [0.25, 0.3) is 0 Å². The van der Waals surface area contributed by atoms with Crippen LogP contribution < -0.4 is 5.32 Å². The van der Waals surface area contributed by atoms with Gasteiger partial charge in [0.2, 0.25) is 0 Å². The zero-order valence-electron chi connectivity index (χ0n) is 11.1. The summed E-state index contributed by atoms with van der Waals surface area (Å²) in [6.07, 6.45) is 0. The Morgan fingerprint density at radius 3 is 2.29 bits per heavy atom. The van der Waals surface area contributed by atoms with Crippen LogP contribution in [0.15, 0.2) is 34.8 Å². The van der Waals surface area contributed by atoms with Crippen LogP contribution in [0.2, 0.25) is 0 Å². The normalized spacial score (nSPS) is 12.5. The number of benzene rings is 2. The van der Waals surface area contributed by atoms with Gasteiger partial charge in [0.15, 0.2) is 23.3 Å². The van der Waals surface area contributed by atoms with Gasteiger partial charge in [0.25, 0.3) is 0 Å². The maximum atomic E-state index is 14.0. The lowest BCUT2D eigenvalue weighted by atomic mass is 9.97. The fourth-order valence-electron chi connectivity index (χ4n) is 2.10. The van der Waals surface area contributed by atoms with Crippen LogP contribution in [0.1, 0.15) is 24.1 Å². The molecular formula is C15H12BrF4N. The Hall–Kier alpha value is -1.40. The Balaban J connectivity index is 2.59. The molecule has 0 spiro atoms. The molecule has 0 aliphatic heterocycles. The van der Waals surface area contributed by atoms with Crippen LogP contribution in [-0.2, 0) is 0 Å². The molecule has 1 unspecified atom stereocenters. The van der Waals surface area contributed by atoms with Crippen molar-refractivity contribution in [3.05, 3.63) is 69.2 Å². The van der Waals surface area contributed by atoms with Crippen molar-refractivity contribution in [3.63, 3.8) is 0 Å². The largest absolute Gasteiger partial charge is 0.306 e. The van der Waals surface area contributed by atoms with Crippen LogP contribution >= 0.6 is 15.9 Å². The summed E-state index contributed by atoms with van der Waals surface area (Å²) in [7, 11) is 0. The van der Waals surface area contributed by atoms with Crippen LogP contribution in [-0.4, -0.2) is 6.54 Å². The third-order valence-corrected chi connectivity index (χ3v) is 3.88. The van der Waals surface area contributed by atoms with Gasteiger partial charge in [-0.1, -0.05) is 25.1 Å². The molecule has 6 heteroatoms. The van der Waals surface area contributed by atoms with Crippen molar-refractivity contribution in [2.24, 2.45) is 0 Å². The number of hydrogen-bond donors (Lipinski definition) is 1. The van der Waals surface area contributed by atoms with Crippen molar-refractivity contribution in [2.75, 3.05) is 6.54 Å². The van der Waals surface area contributed by atoms with E-state index in [1.54, 1.807) is 6.92 Å². The molecule has 1 atom stereocenters. The smallest absolute Gasteiger partial charge is 0.173 e. The fourth-order valence-corrected chi connectivity index (χ4v) is 2.65. The van der Waals surface area contributed by atoms with Gasteiger partial charge in [0.05, 0.1) is 10.5 Å². The molecule has 112 valence electrons. The van der Waals surface area contributed by atoms with E-state index in [4.69, 9.17) is 0 Å². The van der Waals surface area contributed by atoms with Crippen molar-refractivity contribution < 1.29 is 17.6 Å². The maximum absolute atomic E-state index is 14.0. The molecule has 0 saturated carbocycles. The molecular weight excluding hydrogens is 350 g/mol. The third-order valence-electron chi connectivity index (χ3n) is 3.08. The highest BCUT2D eigenvalue weighted by Gasteiger charge is 2.23. The molecule has 0 aromatic heterocycles. The Kier molecular flexibility index (Phi) is 5.00. The van der Waals surface area contributed by atoms with E-state index < -0.39 is 29.3 Å². The summed E-state index contributed by atoms with van der Waals surface area (Å²) in [4.78, 5) is 0. The molecule has 0 saturated heterocycles. The topological polar surface area (TPSA) is 12.0 Å². The molecule has 0 aliphatic carbocycles. The molecule has 0 heterocycles. The van der Waals surface area contributed by atoms with Gasteiger partial charge >= 0.3 is 0 Å². The predicted octanol–water partition coefficient (Wildman–Crippen LogP) is 4.70. The van der Waals surface area contributed by atoms with Gasteiger partial charge in [-0.2, -0.15) is 0 Å². The number of rotatable bonds is 4. The Morgan fingerprint density at radius 2 is 1.62 bits per heavy atom. The second-order valence-corrected chi connectivity index (χ2v) is 5.19. The van der Waals surface area contributed by atoms with Gasteiger partial charge in [-0.25, -0.2) is 17.6 Å². The molecule has 2 rings (SSSR count). The molecule has 0 amide bonds. The average Bonchev–Trinajstić information content (AvgIpc) is 2.46. The summed E-state index contributed by atoms with van der Waals surface area (Å²) >= 11 is 2.97. The fraction of sp³-hybridized carbons (Fsp3) is 0.200. The summed E-state index contributed by atoms with van der Waals surface area (Å²) in [5.74, 6) is -4.08. The highest BCUT2D eigenvalue weighted by molar-refractivity contribution is 9.10. The summed E-state index contributed by atoms with van der Waals surface area (Å²) in [5, 5.41) is 2.94. The lowest BCUT2D eigenvalue weighted by molar-refractivity contribution is 0.477. The van der Waals surface area contributed by atoms with Gasteiger partial charge in [-0.15, -0.1) is 0 Å². The quantitative estimate of drug-likeness (QED) is 0.614. The first kappa shape index (κ1) is 16.0. The van der Waals surface area contributed by atoms with Gasteiger partial charge in [0, 0.05) is 5.56 Å². The second kappa shape index (κ2) is 6.58. The first-order valence-electron chi connectivity index (χ1n) is 6.28. The number of halogens is 5. The SMILES string of the molecule is CCNC(c1cccc(F)c1F)c1ccc(F)c(F)c1Br. The minimum atomic E-state index is -1.06. The predicted molar refractivity (Wildman–Crippen MR) is 75.9 cm³/mol. The van der Waals surface area contributed by atoms with Gasteiger partial charge in [0.1, 0.15) is 0 Å². The van der Waals surface area contributed by atoms with Crippen LogP contribution in [0.4, 0.5) is 17.6 Å². The molecule has 0 fully saturated rings. The molecule has 2 aromatic rings. The van der Waals surface area contributed by atoms with Crippen molar-refractivity contribution in [2.45, 2.75) is 13.0 Å². The summed E-state index contributed by atoms with van der Waals surface area (Å²) in [5.41, 5.74) is 0.323. The van der Waals surface area contributed by atoms with Gasteiger partial charge in [-0.05, 0) is 40.2 Å². The van der Waals surface area contributed by atoms with Crippen LogP contribution in [0, 0.1) is 23.3 Å². The maximum Gasteiger partial charge on any atom is 0.173 e. The zero-order valence-corrected chi connectivity index (χ0v) is 12.6. The highest BCUT2D eigenvalue weighted by atomic mass is 79.9. The number of hydrogen-bond acceptors (Lipinski definition) is 1. The molecule has 2 aromatic carbocycles. The minimum absolute atomic E-state index is 0.0311. The van der Waals surface area contributed by atoms with E-state index in [9.17, 15) is 17.6 Å². The van der Waals surface area contributed by atoms with Gasteiger partial charge < -0.3 is 5.32 Å². The monoisotopic (exact) mass is 361 g/mol. The van der Waals surface area contributed by atoms with E-state index in [-0.39, 0.29) is 10.0 Å². The Labute approximate surface area is 128 Å². The first-order valence-corrected chi connectivity index (χ1v) is 7.07. The standard InChI is InChI=1S/C15H12BrF4N/c1-2-21-15(9-4-3-5-10(17)13(9)19)8-6-7-11(18)14(20)12(8)16/h3-7,15,21H,2H2,1H3. The van der Waals surface area contributed by atoms with Crippen molar-refractivity contribution in [3.8, 4) is 0 Å². The van der Waals surface area contributed by atoms with Crippen LogP contribution in [0.5, 0.6) is 0 Å². The second-order valence-electron chi connectivity index (χ2n) is 4.40. The molecule has 0 radical (unpaired) electrons. The van der Waals surface area contributed by atoms with E-state index in [1.165, 1.54) is 18.2 Å². The summed E-state index contributed by atoms with van der Waals surface area (Å²) in [6, 6.07) is 5.26. The molecule has 21 heavy (non-hydrogen) atoms. The average molecular weight is 362 g/mol. The van der Waals surface area contributed by atoms with E-state index in [2.05, 4.69) is 21.2 Å². The minimum Gasteiger partial charge on any atom is -0.306 e. The number of nitrogens with one attached hydrogen (secondary N) is 1. The van der Waals surface area contributed by atoms with Gasteiger partial charge in [-0.3, -0.25) is 0 Å². The van der Waals surface area contributed by atoms with E-state index in [0.717, 1.165) is 12.1 Å². The first-order chi connectivity index (χ1) is 9.97. The zero-order chi connectivity index (χ0) is 15.6. The summed E-state index contributed by atoms with van der Waals surface area (Å²) in [6.45, 7) is 2.21. The van der Waals surface area contributed by atoms with Crippen LogP contribution in [0.3, 0.4) is 0 Å². The van der Waals surface area contributed by atoms with E-state index >= 15 is 0 Å². The molecule has 0 bridgehead atoms. The van der Waals surface area contributed by atoms with Crippen molar-refractivity contribution >= 4 is 15.9 Å². The molecule has 1 N–H and O–H groups in total. The van der Waals surface area contributed by atoms with E-state index in [1.807, 2.05) is 0 Å².